The standard InChI is InChI=1S/C22H20BrN3O3S/c1-3-29-21(28)14(2)10-16(27)13-30-22-25-12-20(23)26(22)19-9-8-15(11-24)17-6-4-5-7-18(17)19/h4-9,12,14H,3,10,13H2,1-2H3/t14-/m1/s1. The second kappa shape index (κ2) is 9.92. The van der Waals surface area contributed by atoms with E-state index in [1.54, 1.807) is 26.1 Å². The van der Waals surface area contributed by atoms with E-state index in [1.807, 2.05) is 34.9 Å². The lowest BCUT2D eigenvalue weighted by atomic mass is 10.0. The molecule has 0 N–H and O–H groups in total. The lowest BCUT2D eigenvalue weighted by Gasteiger charge is -2.13. The summed E-state index contributed by atoms with van der Waals surface area (Å²) in [6, 6.07) is 13.6. The van der Waals surface area contributed by atoms with Crippen molar-refractivity contribution in [3.8, 4) is 11.8 Å². The number of fused-ring (bicyclic) bond motifs is 1. The van der Waals surface area contributed by atoms with Gasteiger partial charge in [0.2, 0.25) is 0 Å². The fourth-order valence-corrected chi connectivity index (χ4v) is 4.56. The van der Waals surface area contributed by atoms with Crippen molar-refractivity contribution < 1.29 is 14.3 Å². The molecule has 1 aromatic heterocycles. The van der Waals surface area contributed by atoms with Gasteiger partial charge in [0.05, 0.1) is 41.8 Å². The van der Waals surface area contributed by atoms with Gasteiger partial charge >= 0.3 is 5.97 Å². The van der Waals surface area contributed by atoms with Crippen LogP contribution in [-0.2, 0) is 14.3 Å². The van der Waals surface area contributed by atoms with Crippen LogP contribution in [0.3, 0.4) is 0 Å². The van der Waals surface area contributed by atoms with Crippen molar-refractivity contribution in [1.82, 2.24) is 9.55 Å². The van der Waals surface area contributed by atoms with Crippen LogP contribution < -0.4 is 0 Å². The molecule has 0 saturated carbocycles. The Labute approximate surface area is 187 Å². The highest BCUT2D eigenvalue weighted by Gasteiger charge is 2.20. The number of halogens is 1. The molecule has 30 heavy (non-hydrogen) atoms. The summed E-state index contributed by atoms with van der Waals surface area (Å²) in [4.78, 5) is 28.5. The maximum atomic E-state index is 12.4. The van der Waals surface area contributed by atoms with Crippen molar-refractivity contribution in [2.24, 2.45) is 5.92 Å². The molecular weight excluding hydrogens is 466 g/mol. The van der Waals surface area contributed by atoms with Gasteiger partial charge in [0, 0.05) is 17.2 Å². The number of nitrogens with zero attached hydrogens (tertiary/aromatic N) is 3. The second-order valence-corrected chi connectivity index (χ2v) is 8.43. The molecule has 0 unspecified atom stereocenters. The normalized spacial score (nSPS) is 11.8. The molecule has 3 rings (SSSR count). The van der Waals surface area contributed by atoms with E-state index in [4.69, 9.17) is 4.74 Å². The Balaban J connectivity index is 1.84. The van der Waals surface area contributed by atoms with Gasteiger partial charge < -0.3 is 4.74 Å². The fourth-order valence-electron chi connectivity index (χ4n) is 3.12. The largest absolute Gasteiger partial charge is 0.466 e. The van der Waals surface area contributed by atoms with Gasteiger partial charge in [0.25, 0.3) is 0 Å². The Hall–Kier alpha value is -2.63. The molecule has 2 aromatic carbocycles. The zero-order valence-electron chi connectivity index (χ0n) is 16.6. The van der Waals surface area contributed by atoms with Crippen molar-refractivity contribution in [3.63, 3.8) is 0 Å². The molecule has 0 amide bonds. The summed E-state index contributed by atoms with van der Waals surface area (Å²) in [5.41, 5.74) is 1.46. The number of esters is 1. The van der Waals surface area contributed by atoms with Gasteiger partial charge in [0.1, 0.15) is 10.4 Å². The quantitative estimate of drug-likeness (QED) is 0.332. The summed E-state index contributed by atoms with van der Waals surface area (Å²) in [6.07, 6.45) is 1.81. The predicted octanol–water partition coefficient (Wildman–Crippen LogP) is 4.91. The number of imidazole rings is 1. The number of thioether (sulfide) groups is 1. The summed E-state index contributed by atoms with van der Waals surface area (Å²) in [5.74, 6) is -0.673. The van der Waals surface area contributed by atoms with Gasteiger partial charge in [-0.25, -0.2) is 4.98 Å². The molecule has 0 spiro atoms. The predicted molar refractivity (Wildman–Crippen MR) is 120 cm³/mol. The van der Waals surface area contributed by atoms with Crippen molar-refractivity contribution in [2.75, 3.05) is 12.4 Å². The summed E-state index contributed by atoms with van der Waals surface area (Å²) in [5, 5.41) is 11.8. The highest BCUT2D eigenvalue weighted by Crippen LogP contribution is 2.32. The molecule has 0 aliphatic carbocycles. The summed E-state index contributed by atoms with van der Waals surface area (Å²) >= 11 is 4.85. The van der Waals surface area contributed by atoms with Crippen LogP contribution in [0.15, 0.2) is 52.4 Å². The molecule has 0 fully saturated rings. The van der Waals surface area contributed by atoms with Crippen molar-refractivity contribution in [1.29, 1.82) is 5.26 Å². The first-order valence-corrected chi connectivity index (χ1v) is 11.2. The van der Waals surface area contributed by atoms with Gasteiger partial charge in [-0.2, -0.15) is 5.26 Å². The van der Waals surface area contributed by atoms with Gasteiger partial charge in [0.15, 0.2) is 5.16 Å². The number of hydrogen-bond donors (Lipinski definition) is 0. The zero-order chi connectivity index (χ0) is 21.7. The van der Waals surface area contributed by atoms with Crippen molar-refractivity contribution in [2.45, 2.75) is 25.4 Å². The first-order valence-electron chi connectivity index (χ1n) is 9.42. The number of hydrogen-bond acceptors (Lipinski definition) is 6. The molecule has 3 aromatic rings. The molecule has 0 aliphatic rings. The molecule has 1 heterocycles. The number of aromatic nitrogens is 2. The zero-order valence-corrected chi connectivity index (χ0v) is 19.0. The van der Waals surface area contributed by atoms with Crippen LogP contribution in [0.25, 0.3) is 16.5 Å². The topological polar surface area (TPSA) is 85.0 Å². The summed E-state index contributed by atoms with van der Waals surface area (Å²) in [7, 11) is 0. The number of rotatable bonds is 8. The van der Waals surface area contributed by atoms with Crippen LogP contribution in [0, 0.1) is 17.2 Å². The molecular formula is C22H20BrN3O3S. The van der Waals surface area contributed by atoms with E-state index in [0.717, 1.165) is 21.1 Å². The Kier molecular flexibility index (Phi) is 7.29. The Bertz CT molecular complexity index is 1140. The van der Waals surface area contributed by atoms with Crippen LogP contribution in [0.5, 0.6) is 0 Å². The van der Waals surface area contributed by atoms with Crippen LogP contribution in [-0.4, -0.2) is 33.7 Å². The number of Topliss-reactive ketones (excluding diaryl/α,β-unsaturated/α-hetero) is 1. The SMILES string of the molecule is CCOC(=O)[C@H](C)CC(=O)CSc1ncc(Br)n1-c1ccc(C#N)c2ccccc12. The van der Waals surface area contributed by atoms with Gasteiger partial charge in [-0.15, -0.1) is 0 Å². The number of ether oxygens (including phenoxy) is 1. The molecule has 0 radical (unpaired) electrons. The molecule has 6 nitrogen and oxygen atoms in total. The van der Waals surface area contributed by atoms with Crippen molar-refractivity contribution in [3.05, 3.63) is 52.8 Å². The maximum absolute atomic E-state index is 12.4. The number of ketones is 1. The van der Waals surface area contributed by atoms with E-state index in [2.05, 4.69) is 27.0 Å². The lowest BCUT2D eigenvalue weighted by Crippen LogP contribution is -2.19. The molecule has 0 bridgehead atoms. The monoisotopic (exact) mass is 485 g/mol. The molecule has 154 valence electrons. The summed E-state index contributed by atoms with van der Waals surface area (Å²) in [6.45, 7) is 3.74. The third-order valence-corrected chi connectivity index (χ3v) is 6.11. The maximum Gasteiger partial charge on any atom is 0.309 e. The second-order valence-electron chi connectivity index (χ2n) is 6.67. The van der Waals surface area contributed by atoms with Gasteiger partial charge in [-0.3, -0.25) is 14.2 Å². The van der Waals surface area contributed by atoms with E-state index in [0.29, 0.717) is 17.3 Å². The highest BCUT2D eigenvalue weighted by atomic mass is 79.9. The first kappa shape index (κ1) is 22.1. The third-order valence-electron chi connectivity index (χ3n) is 4.53. The molecule has 0 aliphatic heterocycles. The van der Waals surface area contributed by atoms with Crippen LogP contribution >= 0.6 is 27.7 Å². The van der Waals surface area contributed by atoms with E-state index in [9.17, 15) is 14.9 Å². The third kappa shape index (κ3) is 4.74. The molecule has 1 atom stereocenters. The van der Waals surface area contributed by atoms with E-state index >= 15 is 0 Å². The number of nitriles is 1. The first-order chi connectivity index (χ1) is 14.5. The average molecular weight is 486 g/mol. The number of benzene rings is 2. The fraction of sp³-hybridized carbons (Fsp3) is 0.273. The number of carbonyl (C=O) groups excluding carboxylic acids is 2. The van der Waals surface area contributed by atoms with Crippen LogP contribution in [0.4, 0.5) is 0 Å². The van der Waals surface area contributed by atoms with Crippen molar-refractivity contribution >= 4 is 50.2 Å². The minimum absolute atomic E-state index is 0.0455. The Morgan fingerprint density at radius 2 is 2.00 bits per heavy atom. The smallest absolute Gasteiger partial charge is 0.309 e. The Morgan fingerprint density at radius 3 is 2.70 bits per heavy atom. The van der Waals surface area contributed by atoms with Gasteiger partial charge in [-0.05, 0) is 35.0 Å². The minimum Gasteiger partial charge on any atom is -0.466 e. The number of carbonyl (C=O) groups is 2. The summed E-state index contributed by atoms with van der Waals surface area (Å²) < 4.78 is 7.62. The van der Waals surface area contributed by atoms with Gasteiger partial charge in [-0.1, -0.05) is 43.0 Å². The lowest BCUT2D eigenvalue weighted by molar-refractivity contribution is -0.148. The Morgan fingerprint density at radius 1 is 1.27 bits per heavy atom. The molecule has 8 heteroatoms. The minimum atomic E-state index is -0.466. The van der Waals surface area contributed by atoms with E-state index in [1.165, 1.54) is 11.8 Å². The average Bonchev–Trinajstić information content (AvgIpc) is 3.11. The van der Waals surface area contributed by atoms with Crippen LogP contribution in [0.2, 0.25) is 0 Å². The highest BCUT2D eigenvalue weighted by molar-refractivity contribution is 9.10. The van der Waals surface area contributed by atoms with E-state index < -0.39 is 5.92 Å². The molecule has 0 saturated heterocycles. The van der Waals surface area contributed by atoms with E-state index in [-0.39, 0.29) is 23.9 Å². The van der Waals surface area contributed by atoms with Crippen LogP contribution in [0.1, 0.15) is 25.8 Å².